The van der Waals surface area contributed by atoms with Crippen LogP contribution < -0.4 is 10.1 Å². The molecule has 2 rings (SSSR count). The molecule has 0 radical (unpaired) electrons. The van der Waals surface area contributed by atoms with E-state index in [1.165, 1.54) is 25.1 Å². The molecule has 1 fully saturated rings. The third kappa shape index (κ3) is 5.65. The number of rotatable bonds is 8. The molecule has 1 aromatic carbocycles. The van der Waals surface area contributed by atoms with Crippen LogP contribution in [0.5, 0.6) is 5.75 Å². The van der Waals surface area contributed by atoms with Crippen molar-refractivity contribution >= 4 is 0 Å². The Kier molecular flexibility index (Phi) is 6.49. The quantitative estimate of drug-likeness (QED) is 0.765. The first-order valence-electron chi connectivity index (χ1n) is 7.98. The average Bonchev–Trinajstić information content (AvgIpc) is 2.95. The minimum absolute atomic E-state index is 0.335. The lowest BCUT2D eigenvalue weighted by Crippen LogP contribution is -2.35. The van der Waals surface area contributed by atoms with E-state index in [-0.39, 0.29) is 0 Å². The van der Waals surface area contributed by atoms with Gasteiger partial charge in [-0.25, -0.2) is 0 Å². The second-order valence-electron chi connectivity index (χ2n) is 5.98. The molecule has 1 aromatic rings. The molecule has 21 heavy (non-hydrogen) atoms. The van der Waals surface area contributed by atoms with Crippen molar-refractivity contribution < 1.29 is 9.84 Å². The molecule has 1 aliphatic heterocycles. The molecular weight excluding hydrogens is 264 g/mol. The molecule has 118 valence electrons. The van der Waals surface area contributed by atoms with Crippen molar-refractivity contribution in [2.75, 3.05) is 39.3 Å². The van der Waals surface area contributed by atoms with Crippen LogP contribution in [0.3, 0.4) is 0 Å². The fraction of sp³-hybridized carbons (Fsp3) is 0.647. The zero-order valence-corrected chi connectivity index (χ0v) is 13.2. The Hall–Kier alpha value is -1.10. The van der Waals surface area contributed by atoms with E-state index >= 15 is 0 Å². The van der Waals surface area contributed by atoms with Gasteiger partial charge >= 0.3 is 0 Å². The maximum absolute atomic E-state index is 9.94. The van der Waals surface area contributed by atoms with Crippen molar-refractivity contribution in [3.05, 3.63) is 29.8 Å². The number of likely N-dealkylation sites (tertiary alicyclic amines) is 1. The highest BCUT2D eigenvalue weighted by molar-refractivity contribution is 5.26. The Bertz CT molecular complexity index is 408. The second-order valence-corrected chi connectivity index (χ2v) is 5.98. The lowest BCUT2D eigenvalue weighted by Gasteiger charge is -2.16. The normalized spacial score (nSPS) is 20.6. The van der Waals surface area contributed by atoms with Crippen molar-refractivity contribution in [1.29, 1.82) is 0 Å². The summed E-state index contributed by atoms with van der Waals surface area (Å²) in [6.07, 6.45) is 0.798. The molecule has 0 aliphatic carbocycles. The van der Waals surface area contributed by atoms with Crippen molar-refractivity contribution in [3.63, 3.8) is 0 Å². The monoisotopic (exact) mass is 292 g/mol. The Morgan fingerprint density at radius 1 is 1.38 bits per heavy atom. The van der Waals surface area contributed by atoms with Crippen LogP contribution in [0.2, 0.25) is 0 Å². The molecule has 2 atom stereocenters. The third-order valence-corrected chi connectivity index (χ3v) is 4.09. The van der Waals surface area contributed by atoms with Gasteiger partial charge in [0.05, 0.1) is 0 Å². The van der Waals surface area contributed by atoms with Gasteiger partial charge in [0.2, 0.25) is 0 Å². The number of aliphatic hydroxyl groups excluding tert-OH is 1. The highest BCUT2D eigenvalue weighted by Crippen LogP contribution is 2.14. The molecule has 2 N–H and O–H groups in total. The van der Waals surface area contributed by atoms with E-state index in [4.69, 9.17) is 4.74 Å². The van der Waals surface area contributed by atoms with E-state index < -0.39 is 6.10 Å². The van der Waals surface area contributed by atoms with Crippen molar-refractivity contribution in [3.8, 4) is 5.75 Å². The van der Waals surface area contributed by atoms with E-state index in [2.05, 4.69) is 17.1 Å². The molecule has 0 amide bonds. The van der Waals surface area contributed by atoms with Gasteiger partial charge in [-0.1, -0.05) is 24.6 Å². The van der Waals surface area contributed by atoms with Crippen LogP contribution in [0.4, 0.5) is 0 Å². The molecule has 0 aromatic heterocycles. The van der Waals surface area contributed by atoms with E-state index in [1.54, 1.807) is 0 Å². The first kappa shape index (κ1) is 16.3. The number of hydrogen-bond acceptors (Lipinski definition) is 4. The zero-order valence-electron chi connectivity index (χ0n) is 13.2. The molecule has 0 spiro atoms. The van der Waals surface area contributed by atoms with Gasteiger partial charge in [-0.15, -0.1) is 0 Å². The summed E-state index contributed by atoms with van der Waals surface area (Å²) in [5, 5.41) is 13.3. The summed E-state index contributed by atoms with van der Waals surface area (Å²) in [4.78, 5) is 2.48. The first-order chi connectivity index (χ1) is 10.2. The second kappa shape index (κ2) is 8.37. The number of benzene rings is 1. The Balaban J connectivity index is 1.57. The van der Waals surface area contributed by atoms with Gasteiger partial charge in [-0.05, 0) is 51.0 Å². The number of aryl methyl sites for hydroxylation is 1. The fourth-order valence-corrected chi connectivity index (χ4v) is 2.71. The highest BCUT2D eigenvalue weighted by Gasteiger charge is 2.20. The molecule has 1 heterocycles. The van der Waals surface area contributed by atoms with Crippen LogP contribution in [-0.2, 0) is 0 Å². The van der Waals surface area contributed by atoms with Crippen molar-refractivity contribution in [1.82, 2.24) is 10.2 Å². The van der Waals surface area contributed by atoms with Gasteiger partial charge in [-0.3, -0.25) is 0 Å². The van der Waals surface area contributed by atoms with E-state index in [0.717, 1.165) is 24.8 Å². The molecule has 4 nitrogen and oxygen atoms in total. The summed E-state index contributed by atoms with van der Waals surface area (Å²) in [6.45, 7) is 9.70. The minimum atomic E-state index is -0.463. The predicted octanol–water partition coefficient (Wildman–Crippen LogP) is 1.67. The number of hydrogen-bond donors (Lipinski definition) is 2. The number of nitrogens with zero attached hydrogens (tertiary/aromatic N) is 1. The van der Waals surface area contributed by atoms with E-state index in [9.17, 15) is 5.11 Å². The topological polar surface area (TPSA) is 44.7 Å². The number of ether oxygens (including phenoxy) is 1. The molecule has 1 aliphatic rings. The molecule has 0 bridgehead atoms. The SMILES string of the molecule is CCN1CCC(CNCC(O)COc2ccc(C)cc2)C1. The lowest BCUT2D eigenvalue weighted by atomic mass is 10.1. The third-order valence-electron chi connectivity index (χ3n) is 4.09. The zero-order chi connectivity index (χ0) is 15.1. The van der Waals surface area contributed by atoms with Crippen molar-refractivity contribution in [2.45, 2.75) is 26.4 Å². The van der Waals surface area contributed by atoms with Crippen LogP contribution in [0.1, 0.15) is 18.9 Å². The van der Waals surface area contributed by atoms with Crippen LogP contribution in [0.15, 0.2) is 24.3 Å². The van der Waals surface area contributed by atoms with Crippen LogP contribution >= 0.6 is 0 Å². The Labute approximate surface area is 128 Å². The summed E-state index contributed by atoms with van der Waals surface area (Å²) < 4.78 is 5.58. The summed E-state index contributed by atoms with van der Waals surface area (Å²) in [5.74, 6) is 1.53. The van der Waals surface area contributed by atoms with Gasteiger partial charge in [0, 0.05) is 13.1 Å². The predicted molar refractivity (Wildman–Crippen MR) is 85.8 cm³/mol. The number of nitrogens with one attached hydrogen (secondary N) is 1. The minimum Gasteiger partial charge on any atom is -0.491 e. The fourth-order valence-electron chi connectivity index (χ4n) is 2.71. The summed E-state index contributed by atoms with van der Waals surface area (Å²) >= 11 is 0. The van der Waals surface area contributed by atoms with Gasteiger partial charge in [0.1, 0.15) is 18.5 Å². The Morgan fingerprint density at radius 3 is 2.81 bits per heavy atom. The van der Waals surface area contributed by atoms with Gasteiger partial charge in [0.25, 0.3) is 0 Å². The summed E-state index contributed by atoms with van der Waals surface area (Å²) in [5.41, 5.74) is 1.21. The van der Waals surface area contributed by atoms with Gasteiger partial charge < -0.3 is 20.1 Å². The summed E-state index contributed by atoms with van der Waals surface area (Å²) in [7, 11) is 0. The smallest absolute Gasteiger partial charge is 0.119 e. The summed E-state index contributed by atoms with van der Waals surface area (Å²) in [6, 6.07) is 7.90. The number of aliphatic hydroxyl groups is 1. The maximum Gasteiger partial charge on any atom is 0.119 e. The highest BCUT2D eigenvalue weighted by atomic mass is 16.5. The first-order valence-corrected chi connectivity index (χ1v) is 7.98. The van der Waals surface area contributed by atoms with Crippen molar-refractivity contribution in [2.24, 2.45) is 5.92 Å². The van der Waals surface area contributed by atoms with Crippen LogP contribution in [0, 0.1) is 12.8 Å². The lowest BCUT2D eigenvalue weighted by molar-refractivity contribution is 0.105. The van der Waals surface area contributed by atoms with Gasteiger partial charge in [-0.2, -0.15) is 0 Å². The van der Waals surface area contributed by atoms with Crippen LogP contribution in [0.25, 0.3) is 0 Å². The van der Waals surface area contributed by atoms with E-state index in [0.29, 0.717) is 13.2 Å². The molecule has 1 saturated heterocycles. The van der Waals surface area contributed by atoms with E-state index in [1.807, 2.05) is 31.2 Å². The average molecular weight is 292 g/mol. The molecular formula is C17H28N2O2. The standard InChI is InChI=1S/C17H28N2O2/c1-3-19-9-8-15(12-19)10-18-11-16(20)13-21-17-6-4-14(2)5-7-17/h4-7,15-16,18,20H,3,8-13H2,1-2H3. The maximum atomic E-state index is 9.94. The Morgan fingerprint density at radius 2 is 2.14 bits per heavy atom. The largest absolute Gasteiger partial charge is 0.491 e. The van der Waals surface area contributed by atoms with Gasteiger partial charge in [0.15, 0.2) is 0 Å². The molecule has 2 unspecified atom stereocenters. The van der Waals surface area contributed by atoms with Crippen LogP contribution in [-0.4, -0.2) is 55.4 Å². The molecule has 4 heteroatoms. The molecule has 0 saturated carbocycles.